The van der Waals surface area contributed by atoms with Crippen LogP contribution in [0, 0.1) is 5.92 Å². The van der Waals surface area contributed by atoms with Gasteiger partial charge in [-0.3, -0.25) is 9.11 Å². The Morgan fingerprint density at radius 2 is 1.37 bits per heavy atom. The average Bonchev–Trinajstić information content (AvgIpc) is 2.28. The minimum absolute atomic E-state index is 0.987. The van der Waals surface area contributed by atoms with Gasteiger partial charge in [0.15, 0.2) is 0 Å². The molecule has 0 aromatic carbocycles. The maximum Gasteiger partial charge on any atom is 0.394 e. The van der Waals surface area contributed by atoms with E-state index in [0.717, 1.165) is 5.92 Å². The van der Waals surface area contributed by atoms with Crippen molar-refractivity contribution < 1.29 is 17.5 Å². The minimum Gasteiger partial charge on any atom is -0.264 e. The van der Waals surface area contributed by atoms with Gasteiger partial charge in [0, 0.05) is 0 Å². The molecule has 0 aromatic heterocycles. The zero-order chi connectivity index (χ0) is 15.1. The Hall–Kier alpha value is 0.870. The minimum atomic E-state index is -4.67. The topological polar surface area (TPSA) is 74.6 Å². The van der Waals surface area contributed by atoms with E-state index in [9.17, 15) is 0 Å². The van der Waals surface area contributed by atoms with Gasteiger partial charge in [-0.05, 0) is 0 Å². The molecule has 1 unspecified atom stereocenters. The van der Waals surface area contributed by atoms with Gasteiger partial charge in [-0.2, -0.15) is 8.42 Å². The quantitative estimate of drug-likeness (QED) is 0.362. The normalized spacial score (nSPS) is 12.7. The third-order valence-electron chi connectivity index (χ3n) is 3.10. The molecule has 0 bridgehead atoms. The second-order valence-corrected chi connectivity index (χ2v) is 7.15. The number of rotatable bonds is 10. The molecule has 6 heteroatoms. The van der Waals surface area contributed by atoms with Gasteiger partial charge < -0.3 is 0 Å². The first-order valence-corrected chi connectivity index (χ1v) is 10.3. The summed E-state index contributed by atoms with van der Waals surface area (Å²) in [6.07, 6.45) is 13.2. The molecule has 0 saturated heterocycles. The predicted octanol–water partition coefficient (Wildman–Crippen LogP) is 4.09. The Morgan fingerprint density at radius 3 is 1.74 bits per heavy atom. The van der Waals surface area contributed by atoms with Crippen molar-refractivity contribution >= 4 is 38.3 Å². The van der Waals surface area contributed by atoms with Crippen molar-refractivity contribution in [3.05, 3.63) is 0 Å². The molecule has 19 heavy (non-hydrogen) atoms. The molecule has 0 radical (unpaired) electrons. The summed E-state index contributed by atoms with van der Waals surface area (Å²) < 4.78 is 33.1. The largest absolute Gasteiger partial charge is 0.394 e. The van der Waals surface area contributed by atoms with Crippen LogP contribution >= 0.6 is 0 Å². The van der Waals surface area contributed by atoms with Gasteiger partial charge in [-0.15, -0.1) is 0 Å². The smallest absolute Gasteiger partial charge is 0.264 e. The average molecular weight is 304 g/mol. The molecule has 0 amide bonds. The molecule has 4 nitrogen and oxygen atoms in total. The van der Waals surface area contributed by atoms with Crippen LogP contribution < -0.4 is 0 Å². The van der Waals surface area contributed by atoms with Crippen molar-refractivity contribution in [3.8, 4) is 0 Å². The second-order valence-electron chi connectivity index (χ2n) is 5.25. The molecule has 0 aliphatic carbocycles. The third kappa shape index (κ3) is 32.4. The monoisotopic (exact) mass is 304 g/mol. The maximum absolute atomic E-state index is 8.74. The predicted molar refractivity (Wildman–Crippen MR) is 81.1 cm³/mol. The molecule has 0 fully saturated rings. The standard InChI is InChI=1S/C13H27.Na.H2O4S/c1-4-6-8-10-12-13(3)11-9-7-5-2;;1-5(2,3)4/h13H,2,4-12H2,1,3H3;;(H2,1,2,3,4). The SMILES string of the molecule is CCCCCCC(C)CCCC[CH2][Na].O=S(=O)(O)O. The van der Waals surface area contributed by atoms with Crippen LogP contribution in [0.5, 0.6) is 0 Å². The van der Waals surface area contributed by atoms with E-state index >= 15 is 0 Å². The molecular formula is C13H29NaO4S. The molecule has 0 heterocycles. The molecule has 0 aromatic rings. The van der Waals surface area contributed by atoms with E-state index in [2.05, 4.69) is 13.8 Å². The van der Waals surface area contributed by atoms with Crippen molar-refractivity contribution in [1.29, 1.82) is 0 Å². The second kappa shape index (κ2) is 15.3. The summed E-state index contributed by atoms with van der Waals surface area (Å²) in [5.41, 5.74) is 0. The number of unbranched alkanes of at least 4 members (excludes halogenated alkanes) is 5. The van der Waals surface area contributed by atoms with Gasteiger partial charge >= 0.3 is 120 Å². The van der Waals surface area contributed by atoms with E-state index < -0.39 is 10.4 Å². The third-order valence-corrected chi connectivity index (χ3v) is 3.81. The summed E-state index contributed by atoms with van der Waals surface area (Å²) in [6, 6.07) is 0. The Kier molecular flexibility index (Phi) is 17.8. The Labute approximate surface area is 136 Å². The van der Waals surface area contributed by atoms with E-state index in [1.807, 2.05) is 0 Å². The summed E-state index contributed by atoms with van der Waals surface area (Å²) in [7, 11) is -4.67. The fraction of sp³-hybridized carbons (Fsp3) is 1.00. The summed E-state index contributed by atoms with van der Waals surface area (Å²) in [5.74, 6) is 0.987. The van der Waals surface area contributed by atoms with E-state index in [-0.39, 0.29) is 0 Å². The van der Waals surface area contributed by atoms with Gasteiger partial charge in [0.25, 0.3) is 0 Å². The van der Waals surface area contributed by atoms with Crippen molar-refractivity contribution in [2.45, 2.75) is 75.3 Å². The van der Waals surface area contributed by atoms with E-state index in [1.54, 1.807) is 0 Å². The van der Waals surface area contributed by atoms with E-state index in [0.29, 0.717) is 0 Å². The van der Waals surface area contributed by atoms with Crippen molar-refractivity contribution in [2.24, 2.45) is 5.92 Å². The first-order valence-electron chi connectivity index (χ1n) is 7.51. The molecule has 0 aliphatic rings. The van der Waals surface area contributed by atoms with Crippen molar-refractivity contribution in [2.75, 3.05) is 0 Å². The van der Waals surface area contributed by atoms with Crippen LogP contribution in [-0.4, -0.2) is 45.5 Å². The summed E-state index contributed by atoms with van der Waals surface area (Å²) in [6.45, 7) is 4.73. The molecule has 0 rings (SSSR count). The zero-order valence-electron chi connectivity index (χ0n) is 12.8. The molecule has 0 aliphatic heterocycles. The van der Waals surface area contributed by atoms with Gasteiger partial charge in [0.1, 0.15) is 0 Å². The summed E-state index contributed by atoms with van der Waals surface area (Å²) in [4.78, 5) is 0. The fourth-order valence-electron chi connectivity index (χ4n) is 1.98. The van der Waals surface area contributed by atoms with Crippen LogP contribution in [-0.2, 0) is 10.4 Å². The molecular weight excluding hydrogens is 275 g/mol. The van der Waals surface area contributed by atoms with Crippen LogP contribution in [0.3, 0.4) is 0 Å². The van der Waals surface area contributed by atoms with E-state index in [1.165, 1.54) is 89.4 Å². The summed E-state index contributed by atoms with van der Waals surface area (Å²) >= 11 is 1.40. The van der Waals surface area contributed by atoms with Crippen LogP contribution in [0.2, 0.25) is 3.67 Å². The van der Waals surface area contributed by atoms with Gasteiger partial charge in [-0.1, -0.05) is 0 Å². The van der Waals surface area contributed by atoms with Gasteiger partial charge in [-0.25, -0.2) is 0 Å². The Bertz CT molecular complexity index is 248. The van der Waals surface area contributed by atoms with Crippen LogP contribution in [0.1, 0.15) is 71.6 Å². The van der Waals surface area contributed by atoms with Crippen LogP contribution in [0.15, 0.2) is 0 Å². The van der Waals surface area contributed by atoms with Crippen molar-refractivity contribution in [3.63, 3.8) is 0 Å². The zero-order valence-corrected chi connectivity index (χ0v) is 15.6. The molecule has 1 atom stereocenters. The summed E-state index contributed by atoms with van der Waals surface area (Å²) in [5, 5.41) is 0. The van der Waals surface area contributed by atoms with E-state index in [4.69, 9.17) is 17.5 Å². The fourth-order valence-corrected chi connectivity index (χ4v) is 2.48. The van der Waals surface area contributed by atoms with Gasteiger partial charge in [0.2, 0.25) is 0 Å². The number of hydrogen-bond donors (Lipinski definition) is 2. The molecule has 2 N–H and O–H groups in total. The number of hydrogen-bond acceptors (Lipinski definition) is 2. The Morgan fingerprint density at radius 1 is 0.947 bits per heavy atom. The first-order chi connectivity index (χ1) is 8.81. The Balaban J connectivity index is 0. The molecule has 0 saturated carbocycles. The molecule has 0 spiro atoms. The van der Waals surface area contributed by atoms with Crippen LogP contribution in [0.4, 0.5) is 0 Å². The first kappa shape index (κ1) is 22.2. The maximum atomic E-state index is 8.74. The van der Waals surface area contributed by atoms with Crippen molar-refractivity contribution in [1.82, 2.24) is 0 Å². The van der Waals surface area contributed by atoms with Crippen LogP contribution in [0.25, 0.3) is 0 Å². The molecule has 112 valence electrons. The van der Waals surface area contributed by atoms with Gasteiger partial charge in [0.05, 0.1) is 0 Å².